The minimum absolute atomic E-state index is 0.0104. The Kier molecular flexibility index (Phi) is 2.54. The van der Waals surface area contributed by atoms with Gasteiger partial charge < -0.3 is 9.84 Å². The van der Waals surface area contributed by atoms with Gasteiger partial charge >= 0.3 is 0 Å². The summed E-state index contributed by atoms with van der Waals surface area (Å²) in [5, 5.41) is 9.76. The number of rotatable bonds is 3. The zero-order valence-corrected chi connectivity index (χ0v) is 9.17. The van der Waals surface area contributed by atoms with E-state index in [0.717, 1.165) is 0 Å². The molecular weight excluding hydrogens is 202 g/mol. The molecule has 0 radical (unpaired) electrons. The van der Waals surface area contributed by atoms with E-state index in [4.69, 9.17) is 4.74 Å². The van der Waals surface area contributed by atoms with Crippen LogP contribution in [0.1, 0.15) is 33.1 Å². The fraction of sp³-hybridized carbons (Fsp3) is 1.00. The maximum atomic E-state index is 13.6. The zero-order valence-electron chi connectivity index (χ0n) is 9.17. The van der Waals surface area contributed by atoms with Gasteiger partial charge in [-0.05, 0) is 26.7 Å². The predicted molar refractivity (Wildman–Crippen MR) is 51.8 cm³/mol. The third-order valence-electron chi connectivity index (χ3n) is 3.82. The van der Waals surface area contributed by atoms with Gasteiger partial charge in [0.2, 0.25) is 0 Å². The number of hydrogen-bond donors (Lipinski definition) is 1. The summed E-state index contributed by atoms with van der Waals surface area (Å²) < 4.78 is 32.5. The fourth-order valence-corrected chi connectivity index (χ4v) is 2.82. The van der Waals surface area contributed by atoms with Crippen molar-refractivity contribution in [3.8, 4) is 0 Å². The van der Waals surface area contributed by atoms with Gasteiger partial charge in [0, 0.05) is 5.92 Å². The van der Waals surface area contributed by atoms with Crippen molar-refractivity contribution in [2.45, 2.75) is 51.2 Å². The third kappa shape index (κ3) is 1.41. The summed E-state index contributed by atoms with van der Waals surface area (Å²) in [5.74, 6) is -3.38. The molecule has 0 aromatic carbocycles. The van der Waals surface area contributed by atoms with E-state index in [1.54, 1.807) is 0 Å². The molecule has 0 saturated heterocycles. The third-order valence-corrected chi connectivity index (χ3v) is 3.82. The smallest absolute Gasteiger partial charge is 0.262 e. The molecule has 2 fully saturated rings. The Morgan fingerprint density at radius 3 is 2.60 bits per heavy atom. The van der Waals surface area contributed by atoms with Gasteiger partial charge in [0.15, 0.2) is 0 Å². The Morgan fingerprint density at radius 1 is 1.40 bits per heavy atom. The van der Waals surface area contributed by atoms with Crippen LogP contribution in [0.5, 0.6) is 0 Å². The minimum atomic E-state index is -2.72. The molecule has 2 aliphatic rings. The van der Waals surface area contributed by atoms with Gasteiger partial charge in [0.1, 0.15) is 0 Å². The normalized spacial score (nSPS) is 42.8. The lowest BCUT2D eigenvalue weighted by Crippen LogP contribution is -2.35. The molecule has 2 aliphatic carbocycles. The van der Waals surface area contributed by atoms with Gasteiger partial charge in [-0.15, -0.1) is 0 Å². The molecule has 0 amide bonds. The largest absolute Gasteiger partial charge is 0.392 e. The van der Waals surface area contributed by atoms with Gasteiger partial charge in [0.05, 0.1) is 24.2 Å². The number of hydrogen-bond acceptors (Lipinski definition) is 2. The lowest BCUT2D eigenvalue weighted by molar-refractivity contribution is -0.0711. The molecule has 0 heterocycles. The van der Waals surface area contributed by atoms with Crippen LogP contribution in [0.3, 0.4) is 0 Å². The van der Waals surface area contributed by atoms with E-state index < -0.39 is 23.4 Å². The van der Waals surface area contributed by atoms with E-state index >= 15 is 0 Å². The Hall–Kier alpha value is -0.220. The molecule has 2 saturated carbocycles. The minimum Gasteiger partial charge on any atom is -0.392 e. The summed E-state index contributed by atoms with van der Waals surface area (Å²) in [7, 11) is 0. The zero-order chi connectivity index (χ0) is 11.3. The van der Waals surface area contributed by atoms with E-state index in [-0.39, 0.29) is 12.7 Å². The van der Waals surface area contributed by atoms with Crippen molar-refractivity contribution in [1.29, 1.82) is 0 Å². The SMILES string of the molecule is CC(C)OCC12C(O)CCCC1C2(F)F. The van der Waals surface area contributed by atoms with Crippen LogP contribution >= 0.6 is 0 Å². The molecule has 2 rings (SSSR count). The van der Waals surface area contributed by atoms with Crippen LogP contribution in [-0.4, -0.2) is 29.8 Å². The number of ether oxygens (including phenoxy) is 1. The summed E-state index contributed by atoms with van der Waals surface area (Å²) in [4.78, 5) is 0. The van der Waals surface area contributed by atoms with E-state index in [1.165, 1.54) is 0 Å². The average Bonchev–Trinajstić information content (AvgIpc) is 2.63. The first-order chi connectivity index (χ1) is 6.93. The topological polar surface area (TPSA) is 29.5 Å². The molecule has 2 nitrogen and oxygen atoms in total. The van der Waals surface area contributed by atoms with Crippen molar-refractivity contribution in [1.82, 2.24) is 0 Å². The molecule has 1 N–H and O–H groups in total. The maximum Gasteiger partial charge on any atom is 0.262 e. The molecule has 0 aromatic heterocycles. The molecule has 3 atom stereocenters. The second-order valence-electron chi connectivity index (χ2n) is 5.02. The molecule has 0 aliphatic heterocycles. The van der Waals surface area contributed by atoms with Crippen molar-refractivity contribution >= 4 is 0 Å². The number of alkyl halides is 2. The summed E-state index contributed by atoms with van der Waals surface area (Å²) >= 11 is 0. The van der Waals surface area contributed by atoms with Crippen LogP contribution < -0.4 is 0 Å². The number of fused-ring (bicyclic) bond motifs is 1. The van der Waals surface area contributed by atoms with E-state index in [1.807, 2.05) is 13.8 Å². The van der Waals surface area contributed by atoms with Crippen molar-refractivity contribution in [3.63, 3.8) is 0 Å². The monoisotopic (exact) mass is 220 g/mol. The predicted octanol–water partition coefficient (Wildman–Crippen LogP) is 2.21. The van der Waals surface area contributed by atoms with Gasteiger partial charge in [-0.25, -0.2) is 8.78 Å². The molecule has 4 heteroatoms. The Bertz CT molecular complexity index is 255. The summed E-state index contributed by atoms with van der Waals surface area (Å²) in [6.45, 7) is 3.63. The van der Waals surface area contributed by atoms with E-state index in [0.29, 0.717) is 19.3 Å². The highest BCUT2D eigenvalue weighted by Gasteiger charge is 2.83. The van der Waals surface area contributed by atoms with Gasteiger partial charge in [0.25, 0.3) is 5.92 Å². The van der Waals surface area contributed by atoms with Crippen molar-refractivity contribution < 1.29 is 18.6 Å². The van der Waals surface area contributed by atoms with Crippen LogP contribution in [0.15, 0.2) is 0 Å². The molecular formula is C11H18F2O2. The van der Waals surface area contributed by atoms with Crippen LogP contribution in [0, 0.1) is 11.3 Å². The molecule has 88 valence electrons. The Labute approximate surface area is 88.6 Å². The highest BCUT2D eigenvalue weighted by molar-refractivity contribution is 5.22. The molecule has 15 heavy (non-hydrogen) atoms. The first-order valence-electron chi connectivity index (χ1n) is 5.60. The number of halogens is 2. The summed E-state index contributed by atoms with van der Waals surface area (Å²) in [6, 6.07) is 0. The summed E-state index contributed by atoms with van der Waals surface area (Å²) in [6.07, 6.45) is 0.736. The van der Waals surface area contributed by atoms with Crippen LogP contribution in [0.25, 0.3) is 0 Å². The van der Waals surface area contributed by atoms with Crippen LogP contribution in [0.4, 0.5) is 8.78 Å². The lowest BCUT2D eigenvalue weighted by atomic mass is 9.86. The quantitative estimate of drug-likeness (QED) is 0.790. The molecule has 0 aromatic rings. The molecule has 0 bridgehead atoms. The lowest BCUT2D eigenvalue weighted by Gasteiger charge is -2.27. The standard InChI is InChI=1S/C11H18F2O2/c1-7(2)15-6-10-8(11(10,12)13)4-3-5-9(10)14/h7-9,14H,3-6H2,1-2H3. The van der Waals surface area contributed by atoms with Gasteiger partial charge in [-0.3, -0.25) is 0 Å². The van der Waals surface area contributed by atoms with Gasteiger partial charge in [-0.1, -0.05) is 6.42 Å². The second kappa shape index (κ2) is 3.39. The Morgan fingerprint density at radius 2 is 2.07 bits per heavy atom. The van der Waals surface area contributed by atoms with Gasteiger partial charge in [-0.2, -0.15) is 0 Å². The number of aliphatic hydroxyl groups excluding tert-OH is 1. The van der Waals surface area contributed by atoms with Crippen LogP contribution in [-0.2, 0) is 4.74 Å². The first-order valence-corrected chi connectivity index (χ1v) is 5.60. The van der Waals surface area contributed by atoms with E-state index in [9.17, 15) is 13.9 Å². The Balaban J connectivity index is 2.10. The molecule has 3 unspecified atom stereocenters. The van der Waals surface area contributed by atoms with Crippen molar-refractivity contribution in [2.24, 2.45) is 11.3 Å². The first kappa shape index (κ1) is 11.3. The summed E-state index contributed by atoms with van der Waals surface area (Å²) in [5.41, 5.74) is -1.27. The second-order valence-corrected chi connectivity index (χ2v) is 5.02. The molecule has 0 spiro atoms. The van der Waals surface area contributed by atoms with Crippen molar-refractivity contribution in [3.05, 3.63) is 0 Å². The van der Waals surface area contributed by atoms with E-state index in [2.05, 4.69) is 0 Å². The maximum absolute atomic E-state index is 13.6. The van der Waals surface area contributed by atoms with Crippen LogP contribution in [0.2, 0.25) is 0 Å². The highest BCUT2D eigenvalue weighted by Crippen LogP contribution is 2.72. The number of aliphatic hydroxyl groups is 1. The average molecular weight is 220 g/mol. The van der Waals surface area contributed by atoms with Crippen molar-refractivity contribution in [2.75, 3.05) is 6.61 Å². The highest BCUT2D eigenvalue weighted by atomic mass is 19.3. The fourth-order valence-electron chi connectivity index (χ4n) is 2.82.